The van der Waals surface area contributed by atoms with Crippen LogP contribution in [0.2, 0.25) is 0 Å². The number of hydrogen-bond donors (Lipinski definition) is 3. The van der Waals surface area contributed by atoms with E-state index in [0.717, 1.165) is 13.1 Å². The average molecular weight is 302 g/mol. The molecular formula is C11H14N2O4S2. The van der Waals surface area contributed by atoms with Gasteiger partial charge >= 0.3 is 5.97 Å². The van der Waals surface area contributed by atoms with Gasteiger partial charge in [-0.1, -0.05) is 11.8 Å². The van der Waals surface area contributed by atoms with Crippen LogP contribution in [0, 0.1) is 5.92 Å². The summed E-state index contributed by atoms with van der Waals surface area (Å²) in [6, 6.07) is 0. The smallest absolute Gasteiger partial charge is 0.354 e. The molecule has 0 unspecified atom stereocenters. The number of β-lactam (4-membered cyclic amide) rings is 1. The fraction of sp³-hybridized carbons (Fsp3) is 0.636. The summed E-state index contributed by atoms with van der Waals surface area (Å²) in [5.41, 5.74) is 0.0915. The van der Waals surface area contributed by atoms with Crippen molar-refractivity contribution in [1.29, 1.82) is 0 Å². The molecule has 2 saturated heterocycles. The maximum atomic E-state index is 11.9. The second kappa shape index (κ2) is 4.69. The molecule has 0 aromatic rings. The second-order valence-electron chi connectivity index (χ2n) is 4.82. The number of hydrogen-bond acceptors (Lipinski definition) is 6. The van der Waals surface area contributed by atoms with Gasteiger partial charge < -0.3 is 15.5 Å². The Balaban J connectivity index is 1.82. The first kappa shape index (κ1) is 13.3. The predicted molar refractivity (Wildman–Crippen MR) is 72.3 cm³/mol. The highest BCUT2D eigenvalue weighted by Gasteiger charge is 2.58. The van der Waals surface area contributed by atoms with Gasteiger partial charge in [0.15, 0.2) is 5.70 Å². The molecule has 6 nitrogen and oxygen atoms in total. The Hall–Kier alpha value is -0.700. The van der Waals surface area contributed by atoms with E-state index in [2.05, 4.69) is 5.32 Å². The molecule has 0 bridgehead atoms. The van der Waals surface area contributed by atoms with Gasteiger partial charge in [-0.15, -0.1) is 11.8 Å². The number of nitrogens with one attached hydrogen (secondary N) is 1. The van der Waals surface area contributed by atoms with Gasteiger partial charge in [0, 0.05) is 18.3 Å². The highest BCUT2D eigenvalue weighted by molar-refractivity contribution is 8.23. The van der Waals surface area contributed by atoms with Crippen LogP contribution in [0.3, 0.4) is 0 Å². The predicted octanol–water partition coefficient (Wildman–Crippen LogP) is -0.143. The largest absolute Gasteiger partial charge is 0.477 e. The summed E-state index contributed by atoms with van der Waals surface area (Å²) in [6.07, 6.45) is -0.744. The van der Waals surface area contributed by atoms with Crippen molar-refractivity contribution >= 4 is 35.4 Å². The lowest BCUT2D eigenvalue weighted by molar-refractivity contribution is -0.156. The third kappa shape index (κ3) is 1.97. The van der Waals surface area contributed by atoms with Crippen molar-refractivity contribution in [2.24, 2.45) is 5.92 Å². The van der Waals surface area contributed by atoms with Gasteiger partial charge in [0.1, 0.15) is 5.37 Å². The summed E-state index contributed by atoms with van der Waals surface area (Å²) < 4.78 is 0.695. The fourth-order valence-corrected chi connectivity index (χ4v) is 5.58. The summed E-state index contributed by atoms with van der Waals surface area (Å²) in [7, 11) is 0. The molecule has 3 N–H and O–H groups in total. The van der Waals surface area contributed by atoms with E-state index in [-0.39, 0.29) is 17.0 Å². The first-order valence-electron chi connectivity index (χ1n) is 6.03. The Bertz CT molecular complexity index is 475. The standard InChI is InChI=1S/C11H14N2O4S2/c1-4(14)6-8(15)13-7(10(16)17)11(19-9(6)13)18-5-2-12-3-5/h4-6,9,12,14H,2-3H2,1H3,(H,16,17)/t4-,6+,9-/m1/s1. The zero-order chi connectivity index (χ0) is 13.7. The molecule has 3 atom stereocenters. The molecule has 104 valence electrons. The van der Waals surface area contributed by atoms with Gasteiger partial charge in [-0.2, -0.15) is 0 Å². The van der Waals surface area contributed by atoms with Crippen molar-refractivity contribution in [3.8, 4) is 0 Å². The van der Waals surface area contributed by atoms with E-state index in [4.69, 9.17) is 0 Å². The van der Waals surface area contributed by atoms with Gasteiger partial charge in [-0.05, 0) is 6.92 Å². The van der Waals surface area contributed by atoms with Crippen LogP contribution < -0.4 is 5.32 Å². The van der Waals surface area contributed by atoms with E-state index >= 15 is 0 Å². The molecule has 2 fully saturated rings. The lowest BCUT2D eigenvalue weighted by Gasteiger charge is -2.43. The lowest BCUT2D eigenvalue weighted by Crippen LogP contribution is -2.60. The number of rotatable bonds is 4. The summed E-state index contributed by atoms with van der Waals surface area (Å²) >= 11 is 2.91. The number of aliphatic hydroxyl groups excluding tert-OH is 1. The molecule has 3 rings (SSSR count). The van der Waals surface area contributed by atoms with Crippen LogP contribution >= 0.6 is 23.5 Å². The number of carbonyl (C=O) groups excluding carboxylic acids is 1. The van der Waals surface area contributed by atoms with Crippen LogP contribution in [-0.2, 0) is 9.59 Å². The van der Waals surface area contributed by atoms with Crippen molar-refractivity contribution in [2.45, 2.75) is 23.7 Å². The van der Waals surface area contributed by atoms with E-state index < -0.39 is 18.0 Å². The van der Waals surface area contributed by atoms with Crippen LogP contribution in [0.15, 0.2) is 9.93 Å². The first-order valence-corrected chi connectivity index (χ1v) is 7.79. The van der Waals surface area contributed by atoms with E-state index in [1.807, 2.05) is 0 Å². The van der Waals surface area contributed by atoms with Gasteiger partial charge in [-0.25, -0.2) is 4.79 Å². The number of carbonyl (C=O) groups is 2. The fourth-order valence-electron chi connectivity index (χ4n) is 2.33. The molecule has 3 aliphatic heterocycles. The van der Waals surface area contributed by atoms with Crippen LogP contribution in [0.5, 0.6) is 0 Å². The molecule has 3 aliphatic rings. The van der Waals surface area contributed by atoms with Crippen molar-refractivity contribution in [2.75, 3.05) is 13.1 Å². The molecule has 0 aromatic heterocycles. The van der Waals surface area contributed by atoms with Crippen molar-refractivity contribution in [3.63, 3.8) is 0 Å². The van der Waals surface area contributed by atoms with Crippen LogP contribution in [0.1, 0.15) is 6.92 Å². The molecule has 1 amide bonds. The summed E-state index contributed by atoms with van der Waals surface area (Å²) in [4.78, 5) is 24.6. The zero-order valence-corrected chi connectivity index (χ0v) is 11.8. The maximum absolute atomic E-state index is 11.9. The highest BCUT2D eigenvalue weighted by atomic mass is 32.2. The minimum absolute atomic E-state index is 0.0915. The number of carboxylic acids is 1. The van der Waals surface area contributed by atoms with Gasteiger partial charge in [0.25, 0.3) is 0 Å². The van der Waals surface area contributed by atoms with Crippen LogP contribution in [0.4, 0.5) is 0 Å². The number of amides is 1. The van der Waals surface area contributed by atoms with Gasteiger partial charge in [-0.3, -0.25) is 9.69 Å². The number of thioether (sulfide) groups is 2. The van der Waals surface area contributed by atoms with Crippen LogP contribution in [0.25, 0.3) is 0 Å². The van der Waals surface area contributed by atoms with Gasteiger partial charge in [0.2, 0.25) is 5.91 Å². The molecule has 0 saturated carbocycles. The summed E-state index contributed by atoms with van der Waals surface area (Å²) in [5.74, 6) is -1.84. The highest BCUT2D eigenvalue weighted by Crippen LogP contribution is 2.54. The SMILES string of the molecule is C[C@@H](O)[C@H]1C(=O)N2C(C(=O)O)=C(SC3CNC3)S[C@H]12. The lowest BCUT2D eigenvalue weighted by atomic mass is 9.92. The Morgan fingerprint density at radius 3 is 2.74 bits per heavy atom. The summed E-state index contributed by atoms with van der Waals surface area (Å²) in [6.45, 7) is 3.29. The molecule has 8 heteroatoms. The number of nitrogens with zero attached hydrogens (tertiary/aromatic N) is 1. The molecule has 0 radical (unpaired) electrons. The first-order chi connectivity index (χ1) is 9.00. The van der Waals surface area contributed by atoms with Gasteiger partial charge in [0.05, 0.1) is 16.3 Å². The van der Waals surface area contributed by atoms with E-state index in [9.17, 15) is 19.8 Å². The number of carboxylic acid groups (broad SMARTS) is 1. The minimum Gasteiger partial charge on any atom is -0.477 e. The van der Waals surface area contributed by atoms with E-state index in [1.54, 1.807) is 6.92 Å². The second-order valence-corrected chi connectivity index (χ2v) is 7.52. The zero-order valence-electron chi connectivity index (χ0n) is 10.2. The molecule has 3 heterocycles. The maximum Gasteiger partial charge on any atom is 0.354 e. The Morgan fingerprint density at radius 2 is 2.26 bits per heavy atom. The third-order valence-electron chi connectivity index (χ3n) is 3.49. The van der Waals surface area contributed by atoms with Crippen LogP contribution in [-0.4, -0.2) is 56.8 Å². The molecule has 19 heavy (non-hydrogen) atoms. The third-order valence-corrected chi connectivity index (χ3v) is 6.29. The molecular weight excluding hydrogens is 288 g/mol. The number of aliphatic hydroxyl groups is 1. The van der Waals surface area contributed by atoms with Crippen molar-refractivity contribution < 1.29 is 19.8 Å². The van der Waals surface area contributed by atoms with Crippen molar-refractivity contribution in [3.05, 3.63) is 9.93 Å². The average Bonchev–Trinajstić information content (AvgIpc) is 2.57. The summed E-state index contributed by atoms with van der Waals surface area (Å²) in [5, 5.41) is 22.1. The monoisotopic (exact) mass is 302 g/mol. The topological polar surface area (TPSA) is 89.9 Å². The van der Waals surface area contributed by atoms with E-state index in [1.165, 1.54) is 28.4 Å². The number of aliphatic carboxylic acids is 1. The molecule has 0 aliphatic carbocycles. The quantitative estimate of drug-likeness (QED) is 0.623. The Morgan fingerprint density at radius 1 is 1.58 bits per heavy atom. The molecule has 0 spiro atoms. The Kier molecular flexibility index (Phi) is 3.28. The van der Waals surface area contributed by atoms with E-state index in [0.29, 0.717) is 9.49 Å². The normalized spacial score (nSPS) is 31.9. The van der Waals surface area contributed by atoms with Crippen molar-refractivity contribution in [1.82, 2.24) is 10.2 Å². The minimum atomic E-state index is -1.07. The number of fused-ring (bicyclic) bond motifs is 1. The Labute approximate surface area is 118 Å². The molecule has 0 aromatic carbocycles.